The van der Waals surface area contributed by atoms with Crippen LogP contribution in [0, 0.1) is 5.41 Å². The number of carbonyl (C=O) groups is 2. The highest BCUT2D eigenvalue weighted by molar-refractivity contribution is 5.99. The van der Waals surface area contributed by atoms with Gasteiger partial charge in [0.25, 0.3) is 11.8 Å². The molecule has 0 heterocycles. The lowest BCUT2D eigenvalue weighted by Crippen LogP contribution is -2.37. The number of carbonyl (C=O) groups excluding carboxylic acids is 2. The SMILES string of the molecule is CNC(C)CNC(=O)c1cccc(C(=O)N(C)CC(C)(C)C)c1. The van der Waals surface area contributed by atoms with Crippen molar-refractivity contribution in [2.24, 2.45) is 5.41 Å². The molecule has 0 aliphatic carbocycles. The first-order chi connectivity index (χ1) is 10.6. The molecule has 5 heteroatoms. The summed E-state index contributed by atoms with van der Waals surface area (Å²) in [6, 6.07) is 7.06. The van der Waals surface area contributed by atoms with E-state index in [0.717, 1.165) is 0 Å². The van der Waals surface area contributed by atoms with Crippen LogP contribution in [0.2, 0.25) is 0 Å². The molecule has 2 amide bonds. The van der Waals surface area contributed by atoms with Crippen molar-refractivity contribution in [3.05, 3.63) is 35.4 Å². The number of amides is 2. The normalized spacial score (nSPS) is 12.6. The number of likely N-dealkylation sites (N-methyl/N-ethyl adjacent to an activating group) is 1. The summed E-state index contributed by atoms with van der Waals surface area (Å²) in [7, 11) is 3.64. The van der Waals surface area contributed by atoms with Gasteiger partial charge >= 0.3 is 0 Å². The minimum Gasteiger partial charge on any atom is -0.350 e. The maximum absolute atomic E-state index is 12.5. The van der Waals surface area contributed by atoms with E-state index < -0.39 is 0 Å². The van der Waals surface area contributed by atoms with Crippen LogP contribution in [0.25, 0.3) is 0 Å². The molecule has 1 aromatic carbocycles. The second kappa shape index (κ2) is 8.11. The second-order valence-corrected chi connectivity index (χ2v) is 7.20. The Morgan fingerprint density at radius 1 is 1.22 bits per heavy atom. The Labute approximate surface area is 139 Å². The molecular weight excluding hydrogens is 290 g/mol. The van der Waals surface area contributed by atoms with Crippen LogP contribution in [0.1, 0.15) is 48.4 Å². The first-order valence-corrected chi connectivity index (χ1v) is 7.95. The number of nitrogens with zero attached hydrogens (tertiary/aromatic N) is 1. The summed E-state index contributed by atoms with van der Waals surface area (Å²) >= 11 is 0. The second-order valence-electron chi connectivity index (χ2n) is 7.20. The molecule has 0 aromatic heterocycles. The van der Waals surface area contributed by atoms with Gasteiger partial charge in [-0.2, -0.15) is 0 Å². The molecule has 23 heavy (non-hydrogen) atoms. The lowest BCUT2D eigenvalue weighted by atomic mass is 9.96. The lowest BCUT2D eigenvalue weighted by Gasteiger charge is -2.26. The molecule has 1 rings (SSSR count). The van der Waals surface area contributed by atoms with Crippen LogP contribution < -0.4 is 10.6 Å². The van der Waals surface area contributed by atoms with E-state index in [0.29, 0.717) is 24.2 Å². The number of hydrogen-bond donors (Lipinski definition) is 2. The van der Waals surface area contributed by atoms with E-state index in [1.807, 2.05) is 14.0 Å². The molecule has 1 atom stereocenters. The van der Waals surface area contributed by atoms with Crippen molar-refractivity contribution < 1.29 is 9.59 Å². The van der Waals surface area contributed by atoms with Crippen LogP contribution in [-0.2, 0) is 0 Å². The molecule has 0 radical (unpaired) electrons. The summed E-state index contributed by atoms with van der Waals surface area (Å²) in [5.41, 5.74) is 1.07. The molecule has 0 aliphatic heterocycles. The van der Waals surface area contributed by atoms with Gasteiger partial charge < -0.3 is 15.5 Å². The third kappa shape index (κ3) is 6.40. The van der Waals surface area contributed by atoms with Gasteiger partial charge in [-0.25, -0.2) is 0 Å². The highest BCUT2D eigenvalue weighted by Crippen LogP contribution is 2.16. The molecular formula is C18H29N3O2. The molecule has 0 saturated carbocycles. The molecule has 0 bridgehead atoms. The minimum absolute atomic E-state index is 0.0304. The topological polar surface area (TPSA) is 61.4 Å². The van der Waals surface area contributed by atoms with Gasteiger partial charge in [-0.05, 0) is 37.6 Å². The first kappa shape index (κ1) is 19.2. The van der Waals surface area contributed by atoms with Crippen LogP contribution >= 0.6 is 0 Å². The Morgan fingerprint density at radius 3 is 2.39 bits per heavy atom. The van der Waals surface area contributed by atoms with Crippen molar-refractivity contribution in [3.63, 3.8) is 0 Å². The van der Waals surface area contributed by atoms with Crippen molar-refractivity contribution in [3.8, 4) is 0 Å². The van der Waals surface area contributed by atoms with Crippen LogP contribution in [0.3, 0.4) is 0 Å². The summed E-state index contributed by atoms with van der Waals surface area (Å²) in [5, 5.41) is 5.92. The van der Waals surface area contributed by atoms with Gasteiger partial charge in [0.2, 0.25) is 0 Å². The Balaban J connectivity index is 2.79. The average Bonchev–Trinajstić information content (AvgIpc) is 2.49. The predicted octanol–water partition coefficient (Wildman–Crippen LogP) is 2.14. The monoisotopic (exact) mass is 319 g/mol. The van der Waals surface area contributed by atoms with Crippen molar-refractivity contribution in [2.75, 3.05) is 27.2 Å². The van der Waals surface area contributed by atoms with E-state index in [9.17, 15) is 9.59 Å². The van der Waals surface area contributed by atoms with E-state index in [-0.39, 0.29) is 23.3 Å². The standard InChI is InChI=1S/C18H29N3O2/c1-13(19-5)11-20-16(22)14-8-7-9-15(10-14)17(23)21(6)12-18(2,3)4/h7-10,13,19H,11-12H2,1-6H3,(H,20,22). The Morgan fingerprint density at radius 2 is 1.83 bits per heavy atom. The summed E-state index contributed by atoms with van der Waals surface area (Å²) in [4.78, 5) is 26.4. The van der Waals surface area contributed by atoms with Gasteiger partial charge in [0.1, 0.15) is 0 Å². The predicted molar refractivity (Wildman–Crippen MR) is 93.7 cm³/mol. The summed E-state index contributed by atoms with van der Waals surface area (Å²) in [6.45, 7) is 9.44. The van der Waals surface area contributed by atoms with Crippen LogP contribution in [-0.4, -0.2) is 49.9 Å². The Bertz CT molecular complexity index is 549. The van der Waals surface area contributed by atoms with Gasteiger partial charge in [-0.1, -0.05) is 26.8 Å². The molecule has 5 nitrogen and oxygen atoms in total. The van der Waals surface area contributed by atoms with Gasteiger partial charge in [0.15, 0.2) is 0 Å². The molecule has 2 N–H and O–H groups in total. The van der Waals surface area contributed by atoms with Crippen molar-refractivity contribution >= 4 is 11.8 Å². The first-order valence-electron chi connectivity index (χ1n) is 7.95. The number of nitrogens with one attached hydrogen (secondary N) is 2. The maximum Gasteiger partial charge on any atom is 0.253 e. The third-order valence-corrected chi connectivity index (χ3v) is 3.49. The van der Waals surface area contributed by atoms with Gasteiger partial charge in [0.05, 0.1) is 0 Å². The zero-order valence-electron chi connectivity index (χ0n) is 15.1. The molecule has 0 spiro atoms. The van der Waals surface area contributed by atoms with Crippen LogP contribution in [0.15, 0.2) is 24.3 Å². The summed E-state index contributed by atoms with van der Waals surface area (Å²) in [6.07, 6.45) is 0. The van der Waals surface area contributed by atoms with Gasteiger partial charge in [-0.3, -0.25) is 9.59 Å². The third-order valence-electron chi connectivity index (χ3n) is 3.49. The van der Waals surface area contributed by atoms with Crippen molar-refractivity contribution in [2.45, 2.75) is 33.7 Å². The molecule has 1 unspecified atom stereocenters. The van der Waals surface area contributed by atoms with E-state index in [1.54, 1.807) is 36.2 Å². The van der Waals surface area contributed by atoms with Crippen LogP contribution in [0.5, 0.6) is 0 Å². The zero-order valence-corrected chi connectivity index (χ0v) is 15.1. The van der Waals surface area contributed by atoms with E-state index in [2.05, 4.69) is 31.4 Å². The largest absolute Gasteiger partial charge is 0.350 e. The fourth-order valence-corrected chi connectivity index (χ4v) is 2.25. The molecule has 128 valence electrons. The van der Waals surface area contributed by atoms with Crippen molar-refractivity contribution in [1.82, 2.24) is 15.5 Å². The van der Waals surface area contributed by atoms with Gasteiger partial charge in [-0.15, -0.1) is 0 Å². The smallest absolute Gasteiger partial charge is 0.253 e. The zero-order chi connectivity index (χ0) is 17.6. The van der Waals surface area contributed by atoms with E-state index in [4.69, 9.17) is 0 Å². The quantitative estimate of drug-likeness (QED) is 0.844. The molecule has 0 fully saturated rings. The Hall–Kier alpha value is -1.88. The van der Waals surface area contributed by atoms with Gasteiger partial charge in [0, 0.05) is 37.3 Å². The fraction of sp³-hybridized carbons (Fsp3) is 0.556. The maximum atomic E-state index is 12.5. The van der Waals surface area contributed by atoms with Crippen LogP contribution in [0.4, 0.5) is 0 Å². The average molecular weight is 319 g/mol. The molecule has 1 aromatic rings. The van der Waals surface area contributed by atoms with E-state index in [1.165, 1.54) is 0 Å². The highest BCUT2D eigenvalue weighted by Gasteiger charge is 2.19. The Kier molecular flexibility index (Phi) is 6.76. The fourth-order valence-electron chi connectivity index (χ4n) is 2.25. The number of benzene rings is 1. The minimum atomic E-state index is -0.166. The highest BCUT2D eigenvalue weighted by atomic mass is 16.2. The summed E-state index contributed by atoms with van der Waals surface area (Å²) in [5.74, 6) is -0.238. The lowest BCUT2D eigenvalue weighted by molar-refractivity contribution is 0.0745. The molecule has 0 saturated heterocycles. The van der Waals surface area contributed by atoms with Crippen molar-refractivity contribution in [1.29, 1.82) is 0 Å². The number of hydrogen-bond acceptors (Lipinski definition) is 3. The summed E-state index contributed by atoms with van der Waals surface area (Å²) < 4.78 is 0. The van der Waals surface area contributed by atoms with E-state index >= 15 is 0 Å². The molecule has 0 aliphatic rings. The number of rotatable bonds is 6.